The predicted molar refractivity (Wildman–Crippen MR) is 97.5 cm³/mol. The van der Waals surface area contributed by atoms with Gasteiger partial charge >= 0.3 is 0 Å². The Morgan fingerprint density at radius 1 is 0.684 bits per heavy atom. The van der Waals surface area contributed by atoms with Crippen molar-refractivity contribution in [3.63, 3.8) is 0 Å². The van der Waals surface area contributed by atoms with Gasteiger partial charge in [-0.2, -0.15) is 12.6 Å². The third-order valence-corrected chi connectivity index (χ3v) is 3.54. The second-order valence-electron chi connectivity index (χ2n) is 5.36. The topological polar surface area (TPSA) is 0 Å². The van der Waals surface area contributed by atoms with Crippen molar-refractivity contribution in [3.05, 3.63) is 0 Å². The molecule has 0 heterocycles. The Hall–Kier alpha value is 0.350. The van der Waals surface area contributed by atoms with Crippen LogP contribution < -0.4 is 0 Å². The molecule has 0 spiro atoms. The van der Waals surface area contributed by atoms with Crippen LogP contribution in [0.3, 0.4) is 0 Å². The van der Waals surface area contributed by atoms with E-state index in [4.69, 9.17) is 0 Å². The molecule has 0 amide bonds. The van der Waals surface area contributed by atoms with Gasteiger partial charge < -0.3 is 0 Å². The van der Waals surface area contributed by atoms with Gasteiger partial charge in [0.2, 0.25) is 0 Å². The highest BCUT2D eigenvalue weighted by molar-refractivity contribution is 7.79. The van der Waals surface area contributed by atoms with Crippen LogP contribution in [0.2, 0.25) is 0 Å². The van der Waals surface area contributed by atoms with Gasteiger partial charge in [-0.05, 0) is 18.1 Å². The fourth-order valence-electron chi connectivity index (χ4n) is 2.21. The zero-order valence-electron chi connectivity index (χ0n) is 15.0. The van der Waals surface area contributed by atoms with E-state index < -0.39 is 0 Å². The van der Waals surface area contributed by atoms with E-state index in [9.17, 15) is 0 Å². The lowest BCUT2D eigenvalue weighted by Crippen LogP contribution is -1.95. The molecule has 2 saturated carbocycles. The number of hydrogen-bond acceptors (Lipinski definition) is 1. The molecule has 0 aliphatic heterocycles. The molecule has 0 radical (unpaired) electrons. The van der Waals surface area contributed by atoms with Gasteiger partial charge in [0.1, 0.15) is 0 Å². The van der Waals surface area contributed by atoms with Crippen molar-refractivity contribution >= 4 is 12.6 Å². The maximum absolute atomic E-state index is 3.53. The summed E-state index contributed by atoms with van der Waals surface area (Å²) >= 11 is 3.53. The summed E-state index contributed by atoms with van der Waals surface area (Å²) in [6.07, 6.45) is 14.9. The van der Waals surface area contributed by atoms with Crippen molar-refractivity contribution in [1.82, 2.24) is 0 Å². The van der Waals surface area contributed by atoms with Crippen molar-refractivity contribution < 1.29 is 0 Å². The minimum absolute atomic E-state index is 1.01. The third-order valence-electron chi connectivity index (χ3n) is 3.54. The summed E-state index contributed by atoms with van der Waals surface area (Å²) < 4.78 is 0. The Morgan fingerprint density at radius 2 is 0.895 bits per heavy atom. The minimum Gasteiger partial charge on any atom is -0.183 e. The fourth-order valence-corrected chi connectivity index (χ4v) is 2.21. The molecule has 2 atom stereocenters. The van der Waals surface area contributed by atoms with Crippen molar-refractivity contribution in [1.29, 1.82) is 0 Å². The monoisotopic (exact) mass is 290 g/mol. The summed E-state index contributed by atoms with van der Waals surface area (Å²) in [5, 5.41) is 0. The highest BCUT2D eigenvalue weighted by Gasteiger charge is 2.17. The predicted octanol–water partition coefficient (Wildman–Crippen LogP) is 7.38. The minimum atomic E-state index is 1.01. The first kappa shape index (κ1) is 24.4. The van der Waals surface area contributed by atoms with Gasteiger partial charge in [-0.25, -0.2) is 0 Å². The van der Waals surface area contributed by atoms with Crippen LogP contribution in [-0.2, 0) is 0 Å². The largest absolute Gasteiger partial charge is 0.183 e. The molecule has 2 unspecified atom stereocenters. The Bertz CT molecular complexity index is 103. The lowest BCUT2D eigenvalue weighted by Gasteiger charge is -2.05. The van der Waals surface area contributed by atoms with E-state index in [0.717, 1.165) is 11.8 Å². The summed E-state index contributed by atoms with van der Waals surface area (Å²) in [5.41, 5.74) is 0. The van der Waals surface area contributed by atoms with Crippen LogP contribution in [-0.4, -0.2) is 6.26 Å². The van der Waals surface area contributed by atoms with E-state index >= 15 is 0 Å². The Morgan fingerprint density at radius 3 is 1.00 bits per heavy atom. The van der Waals surface area contributed by atoms with Crippen LogP contribution in [0.25, 0.3) is 0 Å². The van der Waals surface area contributed by atoms with E-state index in [1.54, 1.807) is 6.26 Å². The molecule has 2 aliphatic rings. The molecule has 0 aromatic rings. The average Bonchev–Trinajstić information content (AvgIpc) is 3.12. The summed E-state index contributed by atoms with van der Waals surface area (Å²) in [5.74, 6) is 2.03. The zero-order chi connectivity index (χ0) is 15.5. The first-order chi connectivity index (χ1) is 9.22. The molecular weight excluding hydrogens is 248 g/mol. The third kappa shape index (κ3) is 20.8. The second-order valence-corrected chi connectivity index (χ2v) is 5.36. The molecule has 2 aliphatic carbocycles. The maximum atomic E-state index is 3.53. The molecule has 0 saturated heterocycles. The second kappa shape index (κ2) is 23.4. The first-order valence-electron chi connectivity index (χ1n) is 8.67. The van der Waals surface area contributed by atoms with E-state index in [2.05, 4.69) is 40.3 Å². The van der Waals surface area contributed by atoms with Gasteiger partial charge in [0.05, 0.1) is 0 Å². The molecule has 2 rings (SSSR count). The normalized spacial score (nSPS) is 23.4. The molecule has 19 heavy (non-hydrogen) atoms. The van der Waals surface area contributed by atoms with E-state index in [0.29, 0.717) is 0 Å². The standard InChI is InChI=1S/C7H14.C5H10.C3H8.C2H6.CH4S/c1-6-4-3-5-7(6)2;1-2-4-5-3-1;1-3-2;2*1-2/h6-7H,3-5H2,1-2H3;1-5H2;3H2,1-2H3;1-2H3;2H,1H3. The molecule has 0 nitrogen and oxygen atoms in total. The van der Waals surface area contributed by atoms with Crippen molar-refractivity contribution in [2.75, 3.05) is 6.26 Å². The Balaban J connectivity index is -0.000000189. The lowest BCUT2D eigenvalue weighted by atomic mass is 10.0. The number of hydrogen-bond donors (Lipinski definition) is 1. The Kier molecular flexibility index (Phi) is 30.1. The summed E-state index contributed by atoms with van der Waals surface area (Å²) in [6, 6.07) is 0. The molecule has 0 bridgehead atoms. The maximum Gasteiger partial charge on any atom is -0.0215 e. The van der Waals surface area contributed by atoms with E-state index in [1.807, 2.05) is 13.8 Å². The van der Waals surface area contributed by atoms with Gasteiger partial charge in [0.15, 0.2) is 0 Å². The first-order valence-corrected chi connectivity index (χ1v) is 9.56. The van der Waals surface area contributed by atoms with Crippen LogP contribution in [0, 0.1) is 11.8 Å². The summed E-state index contributed by atoms with van der Waals surface area (Å²) in [7, 11) is 0. The van der Waals surface area contributed by atoms with Crippen LogP contribution in [0.4, 0.5) is 0 Å². The SMILES string of the molecule is C1CCCC1.CC.CC1CCCC1C.CCC.CS. The average molecular weight is 291 g/mol. The molecule has 1 heteroatoms. The molecule has 0 aromatic carbocycles. The molecule has 120 valence electrons. The van der Waals surface area contributed by atoms with Gasteiger partial charge in [-0.1, -0.05) is 99.3 Å². The highest BCUT2D eigenvalue weighted by atomic mass is 32.1. The quantitative estimate of drug-likeness (QED) is 0.442. The zero-order valence-corrected chi connectivity index (χ0v) is 15.9. The van der Waals surface area contributed by atoms with Gasteiger partial charge in [0, 0.05) is 0 Å². The van der Waals surface area contributed by atoms with Gasteiger partial charge in [0.25, 0.3) is 0 Å². The van der Waals surface area contributed by atoms with Crippen LogP contribution in [0.5, 0.6) is 0 Å². The summed E-state index contributed by atoms with van der Waals surface area (Å²) in [4.78, 5) is 0. The molecule has 0 aromatic heterocycles. The number of rotatable bonds is 0. The van der Waals surface area contributed by atoms with Crippen molar-refractivity contribution in [2.24, 2.45) is 11.8 Å². The van der Waals surface area contributed by atoms with Crippen molar-refractivity contribution in [3.8, 4) is 0 Å². The van der Waals surface area contributed by atoms with E-state index in [-0.39, 0.29) is 0 Å². The molecular formula is C18H42S. The Labute approximate surface area is 130 Å². The van der Waals surface area contributed by atoms with Crippen LogP contribution in [0.1, 0.15) is 99.3 Å². The fraction of sp³-hybridized carbons (Fsp3) is 1.00. The van der Waals surface area contributed by atoms with Gasteiger partial charge in [-0.15, -0.1) is 0 Å². The highest BCUT2D eigenvalue weighted by Crippen LogP contribution is 2.29. The summed E-state index contributed by atoms with van der Waals surface area (Å²) in [6.45, 7) is 13.0. The van der Waals surface area contributed by atoms with E-state index in [1.165, 1.54) is 57.8 Å². The molecule has 2 fully saturated rings. The van der Waals surface area contributed by atoms with Gasteiger partial charge in [-0.3, -0.25) is 0 Å². The smallest absolute Gasteiger partial charge is 0.0215 e. The lowest BCUT2D eigenvalue weighted by molar-refractivity contribution is 0.457. The van der Waals surface area contributed by atoms with Crippen molar-refractivity contribution in [2.45, 2.75) is 99.3 Å². The molecule has 0 N–H and O–H groups in total. The number of thiol groups is 1. The van der Waals surface area contributed by atoms with Crippen LogP contribution in [0.15, 0.2) is 0 Å². The van der Waals surface area contributed by atoms with Crippen LogP contribution >= 0.6 is 12.6 Å².